The summed E-state index contributed by atoms with van der Waals surface area (Å²) >= 11 is 12.1. The van der Waals surface area contributed by atoms with E-state index in [9.17, 15) is 9.59 Å². The number of methoxy groups -OCH3 is 2. The molecule has 0 saturated carbocycles. The number of nitrogens with one attached hydrogen (secondary N) is 1. The average molecular weight is 398 g/mol. The summed E-state index contributed by atoms with van der Waals surface area (Å²) < 4.78 is 15.2. The van der Waals surface area contributed by atoms with Crippen molar-refractivity contribution < 1.29 is 23.8 Å². The Morgan fingerprint density at radius 2 is 1.77 bits per heavy atom. The van der Waals surface area contributed by atoms with Gasteiger partial charge in [-0.25, -0.2) is 4.79 Å². The van der Waals surface area contributed by atoms with Crippen molar-refractivity contribution in [1.82, 2.24) is 0 Å². The highest BCUT2D eigenvalue weighted by molar-refractivity contribution is 6.32. The van der Waals surface area contributed by atoms with Gasteiger partial charge in [-0.15, -0.1) is 0 Å². The van der Waals surface area contributed by atoms with Crippen LogP contribution in [0.25, 0.3) is 0 Å². The first-order valence-electron chi connectivity index (χ1n) is 7.50. The normalized spacial score (nSPS) is 10.2. The maximum Gasteiger partial charge on any atom is 0.338 e. The van der Waals surface area contributed by atoms with E-state index < -0.39 is 18.5 Å². The third-order valence-electron chi connectivity index (χ3n) is 3.46. The summed E-state index contributed by atoms with van der Waals surface area (Å²) in [6.45, 7) is 1.39. The SMILES string of the molecule is COc1cc(C(=O)OCC(=O)Nc2ccc(C)c(Cl)c2)cc(Cl)c1OC. The highest BCUT2D eigenvalue weighted by Crippen LogP contribution is 2.36. The van der Waals surface area contributed by atoms with Gasteiger partial charge in [0.2, 0.25) is 0 Å². The minimum atomic E-state index is -0.718. The van der Waals surface area contributed by atoms with Crippen molar-refractivity contribution in [3.63, 3.8) is 0 Å². The van der Waals surface area contributed by atoms with Gasteiger partial charge in [-0.2, -0.15) is 0 Å². The number of halogens is 2. The zero-order chi connectivity index (χ0) is 19.3. The van der Waals surface area contributed by atoms with Crippen LogP contribution in [0.2, 0.25) is 10.0 Å². The number of esters is 1. The van der Waals surface area contributed by atoms with E-state index >= 15 is 0 Å². The van der Waals surface area contributed by atoms with E-state index in [0.29, 0.717) is 16.5 Å². The molecular formula is C18H17Cl2NO5. The molecule has 0 atom stereocenters. The molecule has 0 radical (unpaired) electrons. The van der Waals surface area contributed by atoms with Crippen LogP contribution in [0.5, 0.6) is 11.5 Å². The molecule has 0 bridgehead atoms. The van der Waals surface area contributed by atoms with E-state index in [1.54, 1.807) is 18.2 Å². The molecule has 26 heavy (non-hydrogen) atoms. The van der Waals surface area contributed by atoms with Crippen LogP contribution < -0.4 is 14.8 Å². The maximum atomic E-state index is 12.1. The monoisotopic (exact) mass is 397 g/mol. The molecule has 8 heteroatoms. The van der Waals surface area contributed by atoms with Gasteiger partial charge in [-0.1, -0.05) is 29.3 Å². The van der Waals surface area contributed by atoms with Crippen LogP contribution in [0, 0.1) is 6.92 Å². The number of amides is 1. The Labute approximate surface area is 160 Å². The molecule has 2 aromatic carbocycles. The highest BCUT2D eigenvalue weighted by atomic mass is 35.5. The van der Waals surface area contributed by atoms with Crippen molar-refractivity contribution in [3.8, 4) is 11.5 Å². The minimum Gasteiger partial charge on any atom is -0.493 e. The van der Waals surface area contributed by atoms with Gasteiger partial charge in [0.25, 0.3) is 5.91 Å². The van der Waals surface area contributed by atoms with Gasteiger partial charge >= 0.3 is 5.97 Å². The molecule has 0 aliphatic rings. The van der Waals surface area contributed by atoms with Gasteiger partial charge in [0, 0.05) is 10.7 Å². The predicted molar refractivity (Wildman–Crippen MR) is 99.7 cm³/mol. The van der Waals surface area contributed by atoms with Crippen molar-refractivity contribution in [2.24, 2.45) is 0 Å². The van der Waals surface area contributed by atoms with Gasteiger partial charge in [0.15, 0.2) is 18.1 Å². The Morgan fingerprint density at radius 3 is 2.38 bits per heavy atom. The van der Waals surface area contributed by atoms with Crippen LogP contribution in [0.4, 0.5) is 5.69 Å². The van der Waals surface area contributed by atoms with E-state index in [4.69, 9.17) is 37.4 Å². The molecule has 0 aliphatic carbocycles. The number of benzene rings is 2. The number of hydrogen-bond acceptors (Lipinski definition) is 5. The van der Waals surface area contributed by atoms with E-state index in [1.807, 2.05) is 6.92 Å². The van der Waals surface area contributed by atoms with Gasteiger partial charge < -0.3 is 19.5 Å². The Bertz CT molecular complexity index is 839. The molecule has 0 saturated heterocycles. The summed E-state index contributed by atoms with van der Waals surface area (Å²) in [4.78, 5) is 24.1. The van der Waals surface area contributed by atoms with Crippen molar-refractivity contribution >= 4 is 40.8 Å². The Kier molecular flexibility index (Phi) is 6.71. The molecule has 0 heterocycles. The second-order valence-corrected chi connectivity index (χ2v) is 6.10. The molecule has 2 aromatic rings. The van der Waals surface area contributed by atoms with Gasteiger partial charge in [0.05, 0.1) is 24.8 Å². The lowest BCUT2D eigenvalue weighted by Crippen LogP contribution is -2.21. The lowest BCUT2D eigenvalue weighted by atomic mass is 10.2. The van der Waals surface area contributed by atoms with Crippen LogP contribution in [0.3, 0.4) is 0 Å². The lowest BCUT2D eigenvalue weighted by Gasteiger charge is -2.12. The van der Waals surface area contributed by atoms with E-state index in [2.05, 4.69) is 5.32 Å². The number of aryl methyl sites for hydroxylation is 1. The Hall–Kier alpha value is -2.44. The number of rotatable bonds is 6. The molecule has 138 valence electrons. The smallest absolute Gasteiger partial charge is 0.338 e. The molecule has 1 N–H and O–H groups in total. The zero-order valence-corrected chi connectivity index (χ0v) is 15.9. The summed E-state index contributed by atoms with van der Waals surface area (Å²) in [5, 5.41) is 3.32. The first-order chi connectivity index (χ1) is 12.3. The highest BCUT2D eigenvalue weighted by Gasteiger charge is 2.17. The summed E-state index contributed by atoms with van der Waals surface area (Å²) in [5.41, 5.74) is 1.54. The lowest BCUT2D eigenvalue weighted by molar-refractivity contribution is -0.119. The first-order valence-corrected chi connectivity index (χ1v) is 8.26. The van der Waals surface area contributed by atoms with Gasteiger partial charge in [-0.3, -0.25) is 4.79 Å². The van der Waals surface area contributed by atoms with Crippen LogP contribution >= 0.6 is 23.2 Å². The summed E-state index contributed by atoms with van der Waals surface area (Å²) in [6.07, 6.45) is 0. The van der Waals surface area contributed by atoms with Gasteiger partial charge in [-0.05, 0) is 36.8 Å². The second-order valence-electron chi connectivity index (χ2n) is 5.28. The Morgan fingerprint density at radius 1 is 1.04 bits per heavy atom. The number of hydrogen-bond donors (Lipinski definition) is 1. The van der Waals surface area contributed by atoms with E-state index in [-0.39, 0.29) is 16.3 Å². The molecule has 2 rings (SSSR count). The molecule has 0 aromatic heterocycles. The maximum absolute atomic E-state index is 12.1. The van der Waals surface area contributed by atoms with Crippen molar-refractivity contribution in [1.29, 1.82) is 0 Å². The number of ether oxygens (including phenoxy) is 3. The molecular weight excluding hydrogens is 381 g/mol. The van der Waals surface area contributed by atoms with Crippen molar-refractivity contribution in [3.05, 3.63) is 51.5 Å². The molecule has 6 nitrogen and oxygen atoms in total. The first kappa shape index (κ1) is 19.9. The second kappa shape index (κ2) is 8.78. The zero-order valence-electron chi connectivity index (χ0n) is 14.4. The fourth-order valence-corrected chi connectivity index (χ4v) is 2.59. The minimum absolute atomic E-state index is 0.138. The van der Waals surface area contributed by atoms with Gasteiger partial charge in [0.1, 0.15) is 0 Å². The molecule has 0 fully saturated rings. The predicted octanol–water partition coefficient (Wildman–Crippen LogP) is 4.11. The largest absolute Gasteiger partial charge is 0.493 e. The number of anilines is 1. The molecule has 1 amide bonds. The van der Waals surface area contributed by atoms with Crippen LogP contribution in [-0.2, 0) is 9.53 Å². The number of carbonyl (C=O) groups is 2. The summed E-state index contributed by atoms with van der Waals surface area (Å²) in [7, 11) is 2.85. The van der Waals surface area contributed by atoms with Crippen LogP contribution in [0.1, 0.15) is 15.9 Å². The quantitative estimate of drug-likeness (QED) is 0.742. The van der Waals surface area contributed by atoms with Crippen LogP contribution in [-0.4, -0.2) is 32.7 Å². The van der Waals surface area contributed by atoms with Crippen LogP contribution in [0.15, 0.2) is 30.3 Å². The third kappa shape index (κ3) is 4.80. The average Bonchev–Trinajstić information content (AvgIpc) is 2.62. The van der Waals surface area contributed by atoms with Crippen molar-refractivity contribution in [2.75, 3.05) is 26.1 Å². The molecule has 0 aliphatic heterocycles. The van der Waals surface area contributed by atoms with Crippen molar-refractivity contribution in [2.45, 2.75) is 6.92 Å². The fraction of sp³-hybridized carbons (Fsp3) is 0.222. The molecule has 0 spiro atoms. The number of carbonyl (C=O) groups excluding carboxylic acids is 2. The summed E-state index contributed by atoms with van der Waals surface area (Å²) in [5.74, 6) is -0.625. The Balaban J connectivity index is 2.00. The third-order valence-corrected chi connectivity index (χ3v) is 4.15. The van der Waals surface area contributed by atoms with E-state index in [0.717, 1.165) is 5.56 Å². The summed E-state index contributed by atoms with van der Waals surface area (Å²) in [6, 6.07) is 7.89. The molecule has 0 unspecified atom stereocenters. The fourth-order valence-electron chi connectivity index (χ4n) is 2.12. The van der Waals surface area contributed by atoms with E-state index in [1.165, 1.54) is 26.4 Å². The topological polar surface area (TPSA) is 73.9 Å². The standard InChI is InChI=1S/C18H17Cl2NO5/c1-10-4-5-12(8-13(10)19)21-16(22)9-26-18(23)11-6-14(20)17(25-3)15(7-11)24-2/h4-8H,9H2,1-3H3,(H,21,22).